The highest BCUT2D eigenvalue weighted by Crippen LogP contribution is 2.24. The predicted molar refractivity (Wildman–Crippen MR) is 105 cm³/mol. The molecule has 0 amide bonds. The second kappa shape index (κ2) is 9.44. The molecule has 27 heavy (non-hydrogen) atoms. The molecule has 0 atom stereocenters. The molecule has 0 aliphatic carbocycles. The zero-order valence-corrected chi connectivity index (χ0v) is 15.7. The Bertz CT molecular complexity index is 852. The van der Waals surface area contributed by atoms with Gasteiger partial charge in [-0.15, -0.1) is 0 Å². The van der Waals surface area contributed by atoms with E-state index in [9.17, 15) is 4.79 Å². The maximum atomic E-state index is 10.3. The van der Waals surface area contributed by atoms with Crippen molar-refractivity contribution in [1.82, 2.24) is 0 Å². The third kappa shape index (κ3) is 7.25. The zero-order valence-electron chi connectivity index (χ0n) is 15.7. The average molecular weight is 365 g/mol. The number of carboxylic acid groups (broad SMARTS) is 1. The lowest BCUT2D eigenvalue weighted by atomic mass is 9.87. The molecule has 0 saturated heterocycles. The Morgan fingerprint density at radius 1 is 1.19 bits per heavy atom. The van der Waals surface area contributed by atoms with Gasteiger partial charge in [0.15, 0.2) is 0 Å². The Labute approximate surface area is 159 Å². The van der Waals surface area contributed by atoms with Crippen LogP contribution in [0.1, 0.15) is 37.5 Å². The molecule has 2 aromatic rings. The van der Waals surface area contributed by atoms with Crippen molar-refractivity contribution in [2.45, 2.75) is 26.2 Å². The predicted octanol–water partition coefficient (Wildman–Crippen LogP) is 3.85. The van der Waals surface area contributed by atoms with E-state index in [0.29, 0.717) is 0 Å². The van der Waals surface area contributed by atoms with Crippen molar-refractivity contribution in [3.8, 4) is 17.6 Å². The van der Waals surface area contributed by atoms with Gasteiger partial charge in [0.2, 0.25) is 6.61 Å². The van der Waals surface area contributed by atoms with Crippen LogP contribution in [-0.4, -0.2) is 30.5 Å². The van der Waals surface area contributed by atoms with E-state index in [2.05, 4.69) is 54.7 Å². The molecule has 0 unspecified atom stereocenters. The molecule has 0 heterocycles. The van der Waals surface area contributed by atoms with Gasteiger partial charge < -0.3 is 14.7 Å². The Morgan fingerprint density at radius 3 is 2.59 bits per heavy atom. The minimum absolute atomic E-state index is 0.116. The highest BCUT2D eigenvalue weighted by molar-refractivity contribution is 5.79. The van der Waals surface area contributed by atoms with E-state index in [1.807, 2.05) is 36.4 Å². The summed E-state index contributed by atoms with van der Waals surface area (Å²) in [4.78, 5) is 15.0. The van der Waals surface area contributed by atoms with Crippen LogP contribution in [-0.2, 0) is 15.0 Å². The van der Waals surface area contributed by atoms with Crippen LogP contribution in [0.5, 0.6) is 5.75 Å². The summed E-state index contributed by atoms with van der Waals surface area (Å²) in [6.45, 7) is 6.33. The highest BCUT2D eigenvalue weighted by Gasteiger charge is 2.12. The fourth-order valence-corrected chi connectivity index (χ4v) is 2.20. The number of rotatable bonds is 6. The first-order chi connectivity index (χ1) is 12.8. The zero-order chi connectivity index (χ0) is 19.7. The number of nitrogens with zero attached hydrogens (tertiary/aromatic N) is 1. The van der Waals surface area contributed by atoms with E-state index < -0.39 is 12.6 Å². The summed E-state index contributed by atoms with van der Waals surface area (Å²) in [6.07, 6.45) is 1.45. The SMILES string of the molecule is CC(C)(C)c1ccc(OCC#Cc2cccc(C=NOCC(=O)O)c2)cc1. The lowest BCUT2D eigenvalue weighted by Gasteiger charge is -2.18. The van der Waals surface area contributed by atoms with E-state index in [0.717, 1.165) is 16.9 Å². The molecule has 0 saturated carbocycles. The summed E-state index contributed by atoms with van der Waals surface area (Å²) in [5.74, 6) is 5.72. The van der Waals surface area contributed by atoms with Crippen LogP contribution in [0.15, 0.2) is 53.7 Å². The molecule has 0 spiro atoms. The fraction of sp³-hybridized carbons (Fsp3) is 0.273. The van der Waals surface area contributed by atoms with E-state index in [4.69, 9.17) is 9.84 Å². The molecule has 140 valence electrons. The monoisotopic (exact) mass is 365 g/mol. The number of carboxylic acids is 1. The quantitative estimate of drug-likeness (QED) is 0.480. The molecule has 0 aliphatic rings. The number of hydrogen-bond acceptors (Lipinski definition) is 4. The largest absolute Gasteiger partial charge is 0.481 e. The van der Waals surface area contributed by atoms with Crippen LogP contribution in [0.4, 0.5) is 0 Å². The highest BCUT2D eigenvalue weighted by atomic mass is 16.6. The Hall–Kier alpha value is -3.26. The Morgan fingerprint density at radius 2 is 1.93 bits per heavy atom. The molecule has 0 bridgehead atoms. The summed E-state index contributed by atoms with van der Waals surface area (Å²) in [6, 6.07) is 15.4. The number of carbonyl (C=O) groups is 1. The van der Waals surface area contributed by atoms with Gasteiger partial charge in [-0.1, -0.05) is 62.0 Å². The first-order valence-electron chi connectivity index (χ1n) is 8.54. The third-order valence-electron chi connectivity index (χ3n) is 3.62. The van der Waals surface area contributed by atoms with Gasteiger partial charge in [0.05, 0.1) is 6.21 Å². The first kappa shape index (κ1) is 20.1. The van der Waals surface area contributed by atoms with Crippen molar-refractivity contribution in [1.29, 1.82) is 0 Å². The van der Waals surface area contributed by atoms with Crippen molar-refractivity contribution in [2.24, 2.45) is 5.16 Å². The summed E-state index contributed by atoms with van der Waals surface area (Å²) in [7, 11) is 0. The topological polar surface area (TPSA) is 68.1 Å². The van der Waals surface area contributed by atoms with Crippen LogP contribution in [0.3, 0.4) is 0 Å². The second-order valence-corrected chi connectivity index (χ2v) is 6.89. The van der Waals surface area contributed by atoms with Crippen LogP contribution >= 0.6 is 0 Å². The number of ether oxygens (including phenoxy) is 1. The van der Waals surface area contributed by atoms with Gasteiger partial charge in [0.25, 0.3) is 0 Å². The fourth-order valence-electron chi connectivity index (χ4n) is 2.20. The van der Waals surface area contributed by atoms with E-state index in [1.165, 1.54) is 11.8 Å². The molecule has 5 heteroatoms. The average Bonchev–Trinajstić information content (AvgIpc) is 2.62. The van der Waals surface area contributed by atoms with Crippen molar-refractivity contribution >= 4 is 12.2 Å². The van der Waals surface area contributed by atoms with E-state index in [-0.39, 0.29) is 12.0 Å². The standard InChI is InChI=1S/C22H23NO4/c1-22(2,3)19-9-11-20(12-10-19)26-13-5-8-17-6-4-7-18(14-17)15-23-27-16-21(24)25/h4,6-7,9-12,14-15H,13,16H2,1-3H3,(H,24,25). The molecule has 0 aliphatic heterocycles. The van der Waals surface area contributed by atoms with Crippen LogP contribution < -0.4 is 4.74 Å². The normalized spacial score (nSPS) is 10.9. The summed E-state index contributed by atoms with van der Waals surface area (Å²) >= 11 is 0. The van der Waals surface area contributed by atoms with E-state index >= 15 is 0 Å². The number of oxime groups is 1. The molecule has 0 aromatic heterocycles. The van der Waals surface area contributed by atoms with Crippen LogP contribution in [0.25, 0.3) is 0 Å². The van der Waals surface area contributed by atoms with Crippen molar-refractivity contribution in [2.75, 3.05) is 13.2 Å². The van der Waals surface area contributed by atoms with Gasteiger partial charge in [0.1, 0.15) is 12.4 Å². The van der Waals surface area contributed by atoms with E-state index in [1.54, 1.807) is 0 Å². The Balaban J connectivity index is 1.88. The number of hydrogen-bond donors (Lipinski definition) is 1. The molecule has 0 radical (unpaired) electrons. The maximum Gasteiger partial charge on any atom is 0.344 e. The summed E-state index contributed by atoms with van der Waals surface area (Å²) < 4.78 is 5.65. The van der Waals surface area contributed by atoms with Crippen molar-refractivity contribution < 1.29 is 19.5 Å². The molecule has 2 aromatic carbocycles. The first-order valence-corrected chi connectivity index (χ1v) is 8.54. The molecule has 1 N–H and O–H groups in total. The smallest absolute Gasteiger partial charge is 0.344 e. The lowest BCUT2D eigenvalue weighted by molar-refractivity contribution is -0.142. The van der Waals surface area contributed by atoms with Gasteiger partial charge in [-0.3, -0.25) is 0 Å². The van der Waals surface area contributed by atoms with Crippen molar-refractivity contribution in [3.05, 3.63) is 65.2 Å². The minimum Gasteiger partial charge on any atom is -0.481 e. The third-order valence-corrected chi connectivity index (χ3v) is 3.62. The van der Waals surface area contributed by atoms with Gasteiger partial charge in [-0.05, 0) is 40.8 Å². The van der Waals surface area contributed by atoms with Crippen LogP contribution in [0.2, 0.25) is 0 Å². The van der Waals surface area contributed by atoms with Crippen LogP contribution in [0, 0.1) is 11.8 Å². The van der Waals surface area contributed by atoms with Crippen molar-refractivity contribution in [3.63, 3.8) is 0 Å². The van der Waals surface area contributed by atoms with Gasteiger partial charge in [-0.25, -0.2) is 4.79 Å². The Kier molecular flexibility index (Phi) is 7.01. The second-order valence-electron chi connectivity index (χ2n) is 6.89. The summed E-state index contributed by atoms with van der Waals surface area (Å²) in [5.41, 5.74) is 2.95. The molecule has 5 nitrogen and oxygen atoms in total. The van der Waals surface area contributed by atoms with Gasteiger partial charge >= 0.3 is 5.97 Å². The number of aliphatic carboxylic acids is 1. The lowest BCUT2D eigenvalue weighted by Crippen LogP contribution is -2.10. The van der Waals surface area contributed by atoms with Gasteiger partial charge in [-0.2, -0.15) is 0 Å². The molecule has 0 fully saturated rings. The summed E-state index contributed by atoms with van der Waals surface area (Å²) in [5, 5.41) is 12.1. The maximum absolute atomic E-state index is 10.3. The minimum atomic E-state index is -1.07. The van der Waals surface area contributed by atoms with Gasteiger partial charge in [0, 0.05) is 5.56 Å². The molecular formula is C22H23NO4. The molecular weight excluding hydrogens is 342 g/mol. The molecule has 2 rings (SSSR count). The number of benzene rings is 2.